The number of benzene rings is 1. The molecule has 6 heteroatoms. The van der Waals surface area contributed by atoms with Crippen LogP contribution in [0.4, 0.5) is 10.1 Å². The van der Waals surface area contributed by atoms with Crippen LogP contribution in [0.25, 0.3) is 0 Å². The Morgan fingerprint density at radius 1 is 1.44 bits per heavy atom. The monoisotopic (exact) mass is 271 g/mol. The Kier molecular flexibility index (Phi) is 6.53. The molecule has 0 saturated carbocycles. The molecular weight excluding hydrogens is 253 g/mol. The number of halogens is 1. The lowest BCUT2D eigenvalue weighted by Gasteiger charge is -2.10. The quantitative estimate of drug-likeness (QED) is 0.403. The van der Waals surface area contributed by atoms with E-state index >= 15 is 0 Å². The van der Waals surface area contributed by atoms with Gasteiger partial charge in [0.15, 0.2) is 0 Å². The fourth-order valence-electron chi connectivity index (χ4n) is 1.53. The van der Waals surface area contributed by atoms with E-state index in [2.05, 4.69) is 10.7 Å². The van der Waals surface area contributed by atoms with Crippen LogP contribution in [0, 0.1) is 5.82 Å². The van der Waals surface area contributed by atoms with Crippen LogP contribution in [0.1, 0.15) is 23.2 Å². The van der Waals surface area contributed by atoms with Crippen molar-refractivity contribution in [1.29, 1.82) is 0 Å². The first-order chi connectivity index (χ1) is 8.70. The van der Waals surface area contributed by atoms with Gasteiger partial charge in [-0.2, -0.15) is 11.8 Å². The van der Waals surface area contributed by atoms with E-state index in [1.54, 1.807) is 11.8 Å². The number of nitrogen functional groups attached to an aromatic ring is 1. The van der Waals surface area contributed by atoms with E-state index in [9.17, 15) is 9.18 Å². The third kappa shape index (κ3) is 4.19. The summed E-state index contributed by atoms with van der Waals surface area (Å²) in [6, 6.07) is 4.28. The van der Waals surface area contributed by atoms with Gasteiger partial charge in [-0.1, -0.05) is 6.07 Å². The summed E-state index contributed by atoms with van der Waals surface area (Å²) in [7, 11) is 0. The first-order valence-corrected chi connectivity index (χ1v) is 7.12. The van der Waals surface area contributed by atoms with Gasteiger partial charge >= 0.3 is 0 Å². The second-order valence-electron chi connectivity index (χ2n) is 3.76. The number of hydrogen-bond acceptors (Lipinski definition) is 4. The van der Waals surface area contributed by atoms with Gasteiger partial charge in [0.05, 0.1) is 11.3 Å². The third-order valence-corrected chi connectivity index (χ3v) is 3.16. The van der Waals surface area contributed by atoms with E-state index in [0.717, 1.165) is 18.6 Å². The summed E-state index contributed by atoms with van der Waals surface area (Å²) in [5.74, 6) is 5.44. The van der Waals surface area contributed by atoms with Gasteiger partial charge in [0.2, 0.25) is 0 Å². The molecule has 0 fully saturated rings. The normalized spacial score (nSPS) is 10.2. The van der Waals surface area contributed by atoms with Gasteiger partial charge in [-0.25, -0.2) is 4.39 Å². The molecule has 0 aliphatic heterocycles. The molecule has 0 heterocycles. The molecule has 0 aliphatic carbocycles. The number of amides is 1. The Morgan fingerprint density at radius 3 is 2.89 bits per heavy atom. The van der Waals surface area contributed by atoms with Gasteiger partial charge in [0, 0.05) is 6.54 Å². The molecule has 1 amide bonds. The molecule has 1 aromatic carbocycles. The summed E-state index contributed by atoms with van der Waals surface area (Å²) in [4.78, 5) is 11.8. The number of rotatable bonds is 7. The average Bonchev–Trinajstić information content (AvgIpc) is 2.38. The predicted octanol–water partition coefficient (Wildman–Crippen LogP) is 1.98. The molecular formula is C12H18FN3OS. The molecule has 18 heavy (non-hydrogen) atoms. The van der Waals surface area contributed by atoms with E-state index in [1.165, 1.54) is 18.2 Å². The topological polar surface area (TPSA) is 67.2 Å². The molecule has 0 aliphatic rings. The van der Waals surface area contributed by atoms with Crippen LogP contribution in [-0.2, 0) is 0 Å². The van der Waals surface area contributed by atoms with Crippen LogP contribution >= 0.6 is 11.8 Å². The van der Waals surface area contributed by atoms with Crippen molar-refractivity contribution in [3.8, 4) is 0 Å². The van der Waals surface area contributed by atoms with Crippen LogP contribution in [0.5, 0.6) is 0 Å². The molecule has 4 nitrogen and oxygen atoms in total. The van der Waals surface area contributed by atoms with Gasteiger partial charge in [-0.3, -0.25) is 10.6 Å². The van der Waals surface area contributed by atoms with Crippen LogP contribution in [0.3, 0.4) is 0 Å². The van der Waals surface area contributed by atoms with E-state index in [0.29, 0.717) is 6.54 Å². The molecule has 1 rings (SSSR count). The van der Waals surface area contributed by atoms with Crippen molar-refractivity contribution in [1.82, 2.24) is 5.32 Å². The number of carbonyl (C=O) groups excluding carboxylic acids is 1. The van der Waals surface area contributed by atoms with E-state index in [-0.39, 0.29) is 17.2 Å². The van der Waals surface area contributed by atoms with E-state index < -0.39 is 5.82 Å². The molecule has 0 bridgehead atoms. The molecule has 1 aromatic rings. The maximum Gasteiger partial charge on any atom is 0.253 e. The van der Waals surface area contributed by atoms with Crippen molar-refractivity contribution < 1.29 is 9.18 Å². The molecule has 0 atom stereocenters. The standard InChI is InChI=1S/C12H18FN3OS/c1-18-8-3-2-7-15-12(17)9-5-4-6-10(13)11(9)16-14/h4-6,16H,2-3,7-8,14H2,1H3,(H,15,17). The number of para-hydroxylation sites is 1. The van der Waals surface area contributed by atoms with Gasteiger partial charge < -0.3 is 10.7 Å². The lowest BCUT2D eigenvalue weighted by atomic mass is 10.1. The molecule has 100 valence electrons. The number of nitrogens with one attached hydrogen (secondary N) is 2. The molecule has 0 spiro atoms. The molecule has 0 unspecified atom stereocenters. The minimum Gasteiger partial charge on any atom is -0.352 e. The fourth-order valence-corrected chi connectivity index (χ4v) is 2.02. The highest BCUT2D eigenvalue weighted by molar-refractivity contribution is 7.98. The van der Waals surface area contributed by atoms with E-state index in [4.69, 9.17) is 5.84 Å². The van der Waals surface area contributed by atoms with Gasteiger partial charge in [0.25, 0.3) is 5.91 Å². The summed E-state index contributed by atoms with van der Waals surface area (Å²) in [5.41, 5.74) is 2.47. The summed E-state index contributed by atoms with van der Waals surface area (Å²) in [5, 5.41) is 2.75. The zero-order chi connectivity index (χ0) is 13.4. The summed E-state index contributed by atoms with van der Waals surface area (Å²) in [6.07, 6.45) is 4.00. The zero-order valence-electron chi connectivity index (χ0n) is 10.3. The zero-order valence-corrected chi connectivity index (χ0v) is 11.1. The minimum atomic E-state index is -0.535. The first kappa shape index (κ1) is 14.8. The first-order valence-electron chi connectivity index (χ1n) is 5.73. The third-order valence-electron chi connectivity index (χ3n) is 2.46. The Labute approximate surface area is 110 Å². The van der Waals surface area contributed by atoms with Crippen molar-refractivity contribution in [2.24, 2.45) is 5.84 Å². The second-order valence-corrected chi connectivity index (χ2v) is 4.75. The fraction of sp³-hybridized carbons (Fsp3) is 0.417. The maximum absolute atomic E-state index is 13.4. The second kappa shape index (κ2) is 7.94. The number of anilines is 1. The highest BCUT2D eigenvalue weighted by atomic mass is 32.2. The molecule has 0 saturated heterocycles. The number of carbonyl (C=O) groups is 1. The Bertz CT molecular complexity index is 401. The van der Waals surface area contributed by atoms with Crippen molar-refractivity contribution in [3.63, 3.8) is 0 Å². The molecule has 0 radical (unpaired) electrons. The van der Waals surface area contributed by atoms with Crippen molar-refractivity contribution in [3.05, 3.63) is 29.6 Å². The van der Waals surface area contributed by atoms with Crippen LogP contribution in [-0.4, -0.2) is 24.5 Å². The summed E-state index contributed by atoms with van der Waals surface area (Å²) < 4.78 is 13.4. The Balaban J connectivity index is 2.54. The largest absolute Gasteiger partial charge is 0.352 e. The minimum absolute atomic E-state index is 0.0270. The van der Waals surface area contributed by atoms with Crippen LogP contribution in [0.15, 0.2) is 18.2 Å². The van der Waals surface area contributed by atoms with Crippen LogP contribution in [0.2, 0.25) is 0 Å². The summed E-state index contributed by atoms with van der Waals surface area (Å²) >= 11 is 1.78. The highest BCUT2D eigenvalue weighted by Gasteiger charge is 2.13. The Hall–Kier alpha value is -1.27. The van der Waals surface area contributed by atoms with Gasteiger partial charge in [-0.05, 0) is 37.0 Å². The van der Waals surface area contributed by atoms with Gasteiger partial charge in [0.1, 0.15) is 5.82 Å². The number of hydrogen-bond donors (Lipinski definition) is 3. The van der Waals surface area contributed by atoms with E-state index in [1.807, 2.05) is 6.26 Å². The number of hydrazine groups is 1. The maximum atomic E-state index is 13.4. The SMILES string of the molecule is CSCCCCNC(=O)c1cccc(F)c1NN. The van der Waals surface area contributed by atoms with Crippen molar-refractivity contribution >= 4 is 23.4 Å². The lowest BCUT2D eigenvalue weighted by Crippen LogP contribution is -2.26. The molecule has 4 N–H and O–H groups in total. The van der Waals surface area contributed by atoms with Crippen molar-refractivity contribution in [2.45, 2.75) is 12.8 Å². The van der Waals surface area contributed by atoms with Crippen LogP contribution < -0.4 is 16.6 Å². The smallest absolute Gasteiger partial charge is 0.253 e. The Morgan fingerprint density at radius 2 is 2.22 bits per heavy atom. The highest BCUT2D eigenvalue weighted by Crippen LogP contribution is 2.18. The predicted molar refractivity (Wildman–Crippen MR) is 74.2 cm³/mol. The number of thioether (sulfide) groups is 1. The summed E-state index contributed by atoms with van der Waals surface area (Å²) in [6.45, 7) is 0.583. The van der Waals surface area contributed by atoms with Gasteiger partial charge in [-0.15, -0.1) is 0 Å². The lowest BCUT2D eigenvalue weighted by molar-refractivity contribution is 0.0953. The molecule has 0 aromatic heterocycles. The average molecular weight is 271 g/mol. The number of unbranched alkanes of at least 4 members (excludes halogenated alkanes) is 1. The number of nitrogens with two attached hydrogens (primary N) is 1. The van der Waals surface area contributed by atoms with Crippen molar-refractivity contribution in [2.75, 3.05) is 24.0 Å².